The number of carbonyl (C=O) groups excluding carboxylic acids is 2. The number of nitrogens with zero attached hydrogens (tertiary/aromatic N) is 2. The maximum Gasteiger partial charge on any atom is 0.336 e. The zero-order chi connectivity index (χ0) is 19.4. The Hall–Kier alpha value is -2.44. The second kappa shape index (κ2) is 8.29. The predicted octanol–water partition coefficient (Wildman–Crippen LogP) is 3.12. The molecule has 2 atom stereocenters. The van der Waals surface area contributed by atoms with Crippen LogP contribution >= 0.6 is 0 Å². The maximum atomic E-state index is 12.7. The highest BCUT2D eigenvalue weighted by Crippen LogP contribution is 2.42. The van der Waals surface area contributed by atoms with Gasteiger partial charge in [0.2, 0.25) is 0 Å². The number of carbonyl (C=O) groups is 2. The third kappa shape index (κ3) is 3.57. The van der Waals surface area contributed by atoms with Gasteiger partial charge >= 0.3 is 11.9 Å². The van der Waals surface area contributed by atoms with Crippen LogP contribution in [-0.4, -0.2) is 36.0 Å². The molecule has 2 unspecified atom stereocenters. The number of aliphatic imine (C=N–C) groups is 1. The minimum absolute atomic E-state index is 0.234. The van der Waals surface area contributed by atoms with Gasteiger partial charge in [-0.1, -0.05) is 12.1 Å². The molecule has 0 radical (unpaired) electrons. The zero-order valence-electron chi connectivity index (χ0n) is 16.2. The van der Waals surface area contributed by atoms with Crippen molar-refractivity contribution >= 4 is 17.7 Å². The van der Waals surface area contributed by atoms with E-state index < -0.39 is 23.8 Å². The smallest absolute Gasteiger partial charge is 0.336 e. The molecule has 0 saturated heterocycles. The third-order valence-corrected chi connectivity index (χ3v) is 4.48. The molecule has 142 valence electrons. The SMILES string of the molecule is CCOC(=O)C1=C(C)N=C(C)C(C(=O)OCC)C1c1c(C)noc1CC. The number of esters is 2. The minimum atomic E-state index is -0.721. The summed E-state index contributed by atoms with van der Waals surface area (Å²) in [5.41, 5.74) is 2.87. The molecule has 7 nitrogen and oxygen atoms in total. The Balaban J connectivity index is 2.70. The average Bonchev–Trinajstić information content (AvgIpc) is 2.94. The van der Waals surface area contributed by atoms with E-state index in [4.69, 9.17) is 14.0 Å². The number of hydrogen-bond acceptors (Lipinski definition) is 7. The monoisotopic (exact) mass is 362 g/mol. The largest absolute Gasteiger partial charge is 0.465 e. The molecule has 0 spiro atoms. The Morgan fingerprint density at radius 2 is 1.73 bits per heavy atom. The van der Waals surface area contributed by atoms with E-state index in [2.05, 4.69) is 10.1 Å². The van der Waals surface area contributed by atoms with Gasteiger partial charge in [-0.25, -0.2) is 4.79 Å². The lowest BCUT2D eigenvalue weighted by molar-refractivity contribution is -0.146. The topological polar surface area (TPSA) is 91.0 Å². The fourth-order valence-electron chi connectivity index (χ4n) is 3.44. The molecule has 0 amide bonds. The molecule has 1 aromatic heterocycles. The summed E-state index contributed by atoms with van der Waals surface area (Å²) < 4.78 is 15.9. The molecule has 26 heavy (non-hydrogen) atoms. The molecule has 0 saturated carbocycles. The maximum absolute atomic E-state index is 12.7. The van der Waals surface area contributed by atoms with Crippen LogP contribution in [0, 0.1) is 12.8 Å². The van der Waals surface area contributed by atoms with E-state index in [1.807, 2.05) is 6.92 Å². The van der Waals surface area contributed by atoms with Crippen LogP contribution < -0.4 is 0 Å². The number of ether oxygens (including phenoxy) is 2. The molecule has 2 heterocycles. The van der Waals surface area contributed by atoms with Crippen LogP contribution in [-0.2, 0) is 25.5 Å². The summed E-state index contributed by atoms with van der Waals surface area (Å²) in [6.45, 7) is 11.2. The molecule has 7 heteroatoms. The zero-order valence-corrected chi connectivity index (χ0v) is 16.2. The summed E-state index contributed by atoms with van der Waals surface area (Å²) in [7, 11) is 0. The second-order valence-corrected chi connectivity index (χ2v) is 6.14. The van der Waals surface area contributed by atoms with Gasteiger partial charge < -0.3 is 14.0 Å². The van der Waals surface area contributed by atoms with Gasteiger partial charge in [-0.15, -0.1) is 0 Å². The van der Waals surface area contributed by atoms with E-state index in [1.165, 1.54) is 0 Å². The Kier molecular flexibility index (Phi) is 6.34. The second-order valence-electron chi connectivity index (χ2n) is 6.14. The van der Waals surface area contributed by atoms with E-state index >= 15 is 0 Å². The van der Waals surface area contributed by atoms with Crippen molar-refractivity contribution in [2.24, 2.45) is 10.9 Å². The van der Waals surface area contributed by atoms with Gasteiger partial charge in [0.15, 0.2) is 0 Å². The van der Waals surface area contributed by atoms with Gasteiger partial charge in [0, 0.05) is 29.3 Å². The Morgan fingerprint density at radius 3 is 2.31 bits per heavy atom. The third-order valence-electron chi connectivity index (χ3n) is 4.48. The molecule has 0 N–H and O–H groups in total. The van der Waals surface area contributed by atoms with E-state index in [9.17, 15) is 9.59 Å². The Morgan fingerprint density at radius 1 is 1.08 bits per heavy atom. The highest BCUT2D eigenvalue weighted by Gasteiger charge is 2.44. The van der Waals surface area contributed by atoms with Crippen molar-refractivity contribution in [3.8, 4) is 0 Å². The summed E-state index contributed by atoms with van der Waals surface area (Å²) in [6.07, 6.45) is 0.591. The van der Waals surface area contributed by atoms with Gasteiger partial charge in [0.1, 0.15) is 11.7 Å². The number of allylic oxidation sites excluding steroid dienone is 1. The van der Waals surface area contributed by atoms with Crippen LogP contribution in [0.5, 0.6) is 0 Å². The van der Waals surface area contributed by atoms with Crippen LogP contribution in [0.25, 0.3) is 0 Å². The molecule has 0 fully saturated rings. The average molecular weight is 362 g/mol. The minimum Gasteiger partial charge on any atom is -0.465 e. The standard InChI is InChI=1S/C19H26N2O5/c1-7-13-14(12(6)21-26-13)17-15(18(22)24-8-2)10(4)20-11(5)16(17)19(23)25-9-3/h15,17H,7-9H2,1-6H3. The van der Waals surface area contributed by atoms with E-state index in [0.29, 0.717) is 34.9 Å². The molecule has 2 rings (SSSR count). The van der Waals surface area contributed by atoms with Gasteiger partial charge in [0.05, 0.1) is 24.5 Å². The lowest BCUT2D eigenvalue weighted by atomic mass is 9.74. The highest BCUT2D eigenvalue weighted by atomic mass is 16.5. The first-order chi connectivity index (χ1) is 12.4. The molecular formula is C19H26N2O5. The molecule has 0 aromatic carbocycles. The quantitative estimate of drug-likeness (QED) is 0.722. The highest BCUT2D eigenvalue weighted by molar-refractivity contribution is 6.07. The van der Waals surface area contributed by atoms with Crippen LogP contribution in [0.4, 0.5) is 0 Å². The summed E-state index contributed by atoms with van der Waals surface area (Å²) in [6, 6.07) is 0. The van der Waals surface area contributed by atoms with Crippen molar-refractivity contribution < 1.29 is 23.6 Å². The number of rotatable bonds is 6. The first kappa shape index (κ1) is 19.9. The van der Waals surface area contributed by atoms with Crippen molar-refractivity contribution in [1.29, 1.82) is 0 Å². The summed E-state index contributed by atoms with van der Waals surface area (Å²) in [4.78, 5) is 29.9. The van der Waals surface area contributed by atoms with Crippen molar-refractivity contribution in [2.45, 2.75) is 53.9 Å². The molecule has 1 aliphatic heterocycles. The van der Waals surface area contributed by atoms with Crippen molar-refractivity contribution in [3.63, 3.8) is 0 Å². The molecule has 0 bridgehead atoms. The fourth-order valence-corrected chi connectivity index (χ4v) is 3.44. The van der Waals surface area contributed by atoms with Crippen LogP contribution in [0.2, 0.25) is 0 Å². The van der Waals surface area contributed by atoms with E-state index in [-0.39, 0.29) is 13.2 Å². The van der Waals surface area contributed by atoms with E-state index in [1.54, 1.807) is 34.6 Å². The molecular weight excluding hydrogens is 336 g/mol. The van der Waals surface area contributed by atoms with Crippen LogP contribution in [0.15, 0.2) is 20.8 Å². The summed E-state index contributed by atoms with van der Waals surface area (Å²) in [5, 5.41) is 4.05. The van der Waals surface area contributed by atoms with Gasteiger partial charge in [-0.3, -0.25) is 9.79 Å². The van der Waals surface area contributed by atoms with Crippen molar-refractivity contribution in [2.75, 3.05) is 13.2 Å². The number of aromatic nitrogens is 1. The Bertz CT molecular complexity index is 760. The fraction of sp³-hybridized carbons (Fsp3) is 0.579. The predicted molar refractivity (Wildman–Crippen MR) is 95.9 cm³/mol. The first-order valence-corrected chi connectivity index (χ1v) is 8.91. The van der Waals surface area contributed by atoms with Crippen LogP contribution in [0.1, 0.15) is 57.6 Å². The summed E-state index contributed by atoms with van der Waals surface area (Å²) >= 11 is 0. The Labute approximate surface area is 153 Å². The number of aryl methyl sites for hydroxylation is 2. The first-order valence-electron chi connectivity index (χ1n) is 8.91. The molecule has 1 aromatic rings. The van der Waals surface area contributed by atoms with Gasteiger partial charge in [-0.05, 0) is 34.6 Å². The normalized spacial score (nSPS) is 20.0. The lowest BCUT2D eigenvalue weighted by Crippen LogP contribution is -2.37. The molecule has 0 aliphatic carbocycles. The van der Waals surface area contributed by atoms with Crippen LogP contribution in [0.3, 0.4) is 0 Å². The lowest BCUT2D eigenvalue weighted by Gasteiger charge is -2.31. The number of hydrogen-bond donors (Lipinski definition) is 0. The molecule has 1 aliphatic rings. The van der Waals surface area contributed by atoms with E-state index in [0.717, 1.165) is 5.56 Å². The van der Waals surface area contributed by atoms with Gasteiger partial charge in [-0.2, -0.15) is 0 Å². The van der Waals surface area contributed by atoms with Crippen molar-refractivity contribution in [3.05, 3.63) is 28.3 Å². The van der Waals surface area contributed by atoms with Gasteiger partial charge in [0.25, 0.3) is 0 Å². The van der Waals surface area contributed by atoms with Crippen molar-refractivity contribution in [1.82, 2.24) is 5.16 Å². The summed E-state index contributed by atoms with van der Waals surface area (Å²) in [5.74, 6) is -1.57.